The Balaban J connectivity index is 0.000000214. The van der Waals surface area contributed by atoms with Gasteiger partial charge in [0.15, 0.2) is 0 Å². The molecule has 0 amide bonds. The number of rotatable bonds is 8. The average molecular weight is 743 g/mol. The summed E-state index contributed by atoms with van der Waals surface area (Å²) in [5.41, 5.74) is 11.1. The number of hydrogen-bond acceptors (Lipinski definition) is 0. The molecular formula is C42H48Cl2SiZr. The van der Waals surface area contributed by atoms with Crippen molar-refractivity contribution in [2.24, 2.45) is 0 Å². The van der Waals surface area contributed by atoms with Gasteiger partial charge in [0, 0.05) is 9.52 Å². The third-order valence-electron chi connectivity index (χ3n) is 8.08. The van der Waals surface area contributed by atoms with Gasteiger partial charge in [-0.1, -0.05) is 136 Å². The van der Waals surface area contributed by atoms with Crippen LogP contribution in [0.2, 0.25) is 13.1 Å². The van der Waals surface area contributed by atoms with Gasteiger partial charge in [-0.2, -0.15) is 12.1 Å². The molecule has 0 atom stereocenters. The van der Waals surface area contributed by atoms with Crippen LogP contribution in [0.15, 0.2) is 109 Å². The summed E-state index contributed by atoms with van der Waals surface area (Å²) in [6, 6.07) is 40.0. The predicted octanol–water partition coefficient (Wildman–Crippen LogP) is 13.9. The van der Waals surface area contributed by atoms with Gasteiger partial charge >= 0.3 is 37.9 Å². The Labute approximate surface area is 299 Å². The Kier molecular flexibility index (Phi) is 17.4. The first-order valence-electron chi connectivity index (χ1n) is 16.5. The van der Waals surface area contributed by atoms with Crippen LogP contribution in [0, 0.1) is 13.8 Å². The zero-order chi connectivity index (χ0) is 33.3. The third kappa shape index (κ3) is 10.9. The Bertz CT molecular complexity index is 1590. The van der Waals surface area contributed by atoms with E-state index in [1.54, 1.807) is 0 Å². The molecule has 0 saturated carbocycles. The van der Waals surface area contributed by atoms with Crippen LogP contribution < -0.4 is 0 Å². The van der Waals surface area contributed by atoms with Crippen molar-refractivity contribution in [3.8, 4) is 22.3 Å². The van der Waals surface area contributed by atoms with E-state index in [4.69, 9.17) is 17.0 Å². The monoisotopic (exact) mass is 740 g/mol. The van der Waals surface area contributed by atoms with Crippen molar-refractivity contribution in [1.82, 2.24) is 0 Å². The summed E-state index contributed by atoms with van der Waals surface area (Å²) in [6.07, 6.45) is 7.45. The van der Waals surface area contributed by atoms with E-state index in [1.807, 2.05) is 0 Å². The second kappa shape index (κ2) is 20.9. The molecule has 0 aliphatic heterocycles. The molecule has 4 heteroatoms. The third-order valence-corrected chi connectivity index (χ3v) is 8.08. The zero-order valence-corrected chi connectivity index (χ0v) is 33.4. The fraction of sp³-hybridized carbons (Fsp3) is 0.286. The second-order valence-corrected chi connectivity index (χ2v) is 16.5. The van der Waals surface area contributed by atoms with Crippen LogP contribution in [0.1, 0.15) is 61.8 Å². The van der Waals surface area contributed by atoms with Gasteiger partial charge in [0.2, 0.25) is 0 Å². The van der Waals surface area contributed by atoms with Crippen LogP contribution in [-0.4, -0.2) is 9.52 Å². The summed E-state index contributed by atoms with van der Waals surface area (Å²) < 4.78 is 0. The number of unbranched alkanes of at least 4 members (excludes halogenated alkanes) is 2. The van der Waals surface area contributed by atoms with E-state index in [9.17, 15) is 0 Å². The average Bonchev–Trinajstić information content (AvgIpc) is 3.68. The van der Waals surface area contributed by atoms with E-state index >= 15 is 0 Å². The van der Waals surface area contributed by atoms with E-state index in [-0.39, 0.29) is 0 Å². The van der Waals surface area contributed by atoms with Crippen LogP contribution in [0.5, 0.6) is 0 Å². The molecule has 2 radical (unpaired) electrons. The van der Waals surface area contributed by atoms with Crippen molar-refractivity contribution < 1.29 is 20.8 Å². The zero-order valence-electron chi connectivity index (χ0n) is 28.4. The molecule has 0 aliphatic rings. The van der Waals surface area contributed by atoms with Gasteiger partial charge in [-0.05, 0) is 37.8 Å². The van der Waals surface area contributed by atoms with Crippen molar-refractivity contribution in [1.29, 1.82) is 0 Å². The van der Waals surface area contributed by atoms with E-state index in [1.165, 1.54) is 105 Å². The summed E-state index contributed by atoms with van der Waals surface area (Å²) in [6.45, 7) is 13.2. The Morgan fingerprint density at radius 2 is 0.935 bits per heavy atom. The molecule has 0 bridgehead atoms. The summed E-state index contributed by atoms with van der Waals surface area (Å²) in [4.78, 5) is 0. The molecule has 0 aromatic heterocycles. The summed E-state index contributed by atoms with van der Waals surface area (Å²) in [5, 5.41) is 5.56. The first kappa shape index (κ1) is 38.2. The summed E-state index contributed by atoms with van der Waals surface area (Å²) in [7, 11) is 11.0. The molecule has 0 aliphatic carbocycles. The fourth-order valence-corrected chi connectivity index (χ4v) is 5.93. The van der Waals surface area contributed by atoms with Gasteiger partial charge in [0.05, 0.1) is 0 Å². The van der Waals surface area contributed by atoms with Gasteiger partial charge in [-0.3, -0.25) is 0 Å². The minimum absolute atomic E-state index is 0.826. The van der Waals surface area contributed by atoms with Gasteiger partial charge in [0.25, 0.3) is 0 Å². The molecule has 0 spiro atoms. The van der Waals surface area contributed by atoms with Gasteiger partial charge in [0.1, 0.15) is 0 Å². The first-order chi connectivity index (χ1) is 22.4. The molecular weight excluding hydrogens is 695 g/mol. The molecule has 0 fully saturated rings. The second-order valence-electron chi connectivity index (χ2n) is 11.8. The number of fused-ring (bicyclic) bond motifs is 2. The van der Waals surface area contributed by atoms with Gasteiger partial charge < -0.3 is 0 Å². The summed E-state index contributed by atoms with van der Waals surface area (Å²) in [5.74, 6) is 0. The fourth-order valence-electron chi connectivity index (χ4n) is 5.93. The SMILES string of the molecule is CCCCc1cc2c(-c3ccccc3)c(C)ccc2[cH-]1.CCCCc1cc2c(-c3ccccc3)c(C)ccc2[cH-]1.C[Si]C.[Cl][Zr+2][Cl]. The Hall–Kier alpha value is -2.22. The van der Waals surface area contributed by atoms with Gasteiger partial charge in [-0.15, -0.1) is 69.1 Å². The van der Waals surface area contributed by atoms with Crippen molar-refractivity contribution in [3.63, 3.8) is 0 Å². The van der Waals surface area contributed by atoms with Crippen molar-refractivity contribution >= 4 is 48.1 Å². The maximum absolute atomic E-state index is 4.93. The van der Waals surface area contributed by atoms with E-state index in [2.05, 4.69) is 150 Å². The molecule has 0 heterocycles. The van der Waals surface area contributed by atoms with E-state index in [0.29, 0.717) is 0 Å². The maximum atomic E-state index is 4.93. The minimum atomic E-state index is -0.826. The molecule has 46 heavy (non-hydrogen) atoms. The predicted molar refractivity (Wildman–Crippen MR) is 206 cm³/mol. The molecule has 0 nitrogen and oxygen atoms in total. The first-order valence-corrected chi connectivity index (χ1v) is 24.8. The molecule has 6 aromatic carbocycles. The van der Waals surface area contributed by atoms with Crippen LogP contribution in [-0.2, 0) is 33.7 Å². The molecule has 0 unspecified atom stereocenters. The number of benzene rings is 4. The van der Waals surface area contributed by atoms with Crippen molar-refractivity contribution in [2.45, 2.75) is 79.3 Å². The Morgan fingerprint density at radius 1 is 0.587 bits per heavy atom. The van der Waals surface area contributed by atoms with Gasteiger partial charge in [-0.25, -0.2) is 0 Å². The van der Waals surface area contributed by atoms with Crippen molar-refractivity contribution in [3.05, 3.63) is 131 Å². The van der Waals surface area contributed by atoms with E-state index < -0.39 is 20.8 Å². The quantitative estimate of drug-likeness (QED) is 0.108. The van der Waals surface area contributed by atoms with Crippen LogP contribution in [0.3, 0.4) is 0 Å². The molecule has 6 rings (SSSR count). The molecule has 0 saturated heterocycles. The topological polar surface area (TPSA) is 0 Å². The van der Waals surface area contributed by atoms with E-state index in [0.717, 1.165) is 9.52 Å². The van der Waals surface area contributed by atoms with Crippen LogP contribution in [0.4, 0.5) is 0 Å². The number of aryl methyl sites for hydroxylation is 4. The van der Waals surface area contributed by atoms with Crippen molar-refractivity contribution in [2.75, 3.05) is 0 Å². The van der Waals surface area contributed by atoms with Crippen LogP contribution >= 0.6 is 17.0 Å². The van der Waals surface area contributed by atoms with Crippen LogP contribution in [0.25, 0.3) is 43.8 Å². The summed E-state index contributed by atoms with van der Waals surface area (Å²) >= 11 is -0.826. The Morgan fingerprint density at radius 3 is 1.26 bits per heavy atom. The number of halogens is 2. The molecule has 238 valence electrons. The molecule has 0 N–H and O–H groups in total. The normalized spacial score (nSPS) is 10.3. The molecule has 6 aromatic rings. The number of hydrogen-bond donors (Lipinski definition) is 0. The standard InChI is InChI=1S/2C20H21.C2H6Si.2ClH.Zr/c2*1-3-4-8-16-13-18-12-11-15(2)20(19(18)14-16)17-9-6-5-7-10-17;1-3-2;;;/h2*5-7,9-14H,3-4,8H2,1-2H3;1-2H3;2*1H;/q2*-1;;;;+4/p-2.